The number of fused-ring (bicyclic) bond motifs is 1. The average Bonchev–Trinajstić information content (AvgIpc) is 3.02. The predicted molar refractivity (Wildman–Crippen MR) is 84.4 cm³/mol. The summed E-state index contributed by atoms with van der Waals surface area (Å²) in [7, 11) is 0. The van der Waals surface area contributed by atoms with Crippen LogP contribution in [0.25, 0.3) is 10.9 Å². The van der Waals surface area contributed by atoms with E-state index in [-0.39, 0.29) is 18.6 Å². The highest BCUT2D eigenvalue weighted by Crippen LogP contribution is 2.18. The van der Waals surface area contributed by atoms with Crippen molar-refractivity contribution in [2.24, 2.45) is 0 Å². The highest BCUT2D eigenvalue weighted by molar-refractivity contribution is 5.98. The van der Waals surface area contributed by atoms with E-state index in [0.717, 1.165) is 16.5 Å². The molecule has 1 aromatic heterocycles. The molecule has 1 amide bonds. The van der Waals surface area contributed by atoms with Crippen LogP contribution in [0.4, 0.5) is 0 Å². The fraction of sp³-hybridized carbons (Fsp3) is 0.176. The zero-order chi connectivity index (χ0) is 15.4. The van der Waals surface area contributed by atoms with Crippen LogP contribution in [-0.4, -0.2) is 27.8 Å². The van der Waals surface area contributed by atoms with Crippen LogP contribution < -0.4 is 5.32 Å². The highest BCUT2D eigenvalue weighted by Gasteiger charge is 2.15. The van der Waals surface area contributed by atoms with Crippen molar-refractivity contribution in [3.63, 3.8) is 0 Å². The van der Waals surface area contributed by atoms with Gasteiger partial charge in [-0.2, -0.15) is 5.10 Å². The Morgan fingerprint density at radius 1 is 1.23 bits per heavy atom. The van der Waals surface area contributed by atoms with E-state index in [1.54, 1.807) is 18.3 Å². The molecule has 0 fully saturated rings. The summed E-state index contributed by atoms with van der Waals surface area (Å²) in [6.45, 7) is 0.0145. The van der Waals surface area contributed by atoms with Gasteiger partial charge in [-0.15, -0.1) is 0 Å². The summed E-state index contributed by atoms with van der Waals surface area (Å²) in [6.07, 6.45) is 2.16. The van der Waals surface area contributed by atoms with Gasteiger partial charge in [-0.25, -0.2) is 0 Å². The monoisotopic (exact) mass is 295 g/mol. The number of carbonyl (C=O) groups excluding carboxylic acids is 1. The molecule has 1 heterocycles. The van der Waals surface area contributed by atoms with Gasteiger partial charge in [-0.1, -0.05) is 30.3 Å². The molecule has 5 nitrogen and oxygen atoms in total. The molecule has 3 N–H and O–H groups in total. The molecule has 0 spiro atoms. The summed E-state index contributed by atoms with van der Waals surface area (Å²) in [5.41, 5.74) is 2.45. The van der Waals surface area contributed by atoms with Gasteiger partial charge in [0, 0.05) is 17.6 Å². The summed E-state index contributed by atoms with van der Waals surface area (Å²) in [5.74, 6) is -0.162. The zero-order valence-electron chi connectivity index (χ0n) is 12.0. The molecule has 22 heavy (non-hydrogen) atoms. The fourth-order valence-corrected chi connectivity index (χ4v) is 2.46. The van der Waals surface area contributed by atoms with E-state index in [1.165, 1.54) is 0 Å². The summed E-state index contributed by atoms with van der Waals surface area (Å²) >= 11 is 0. The van der Waals surface area contributed by atoms with Crippen LogP contribution in [0.2, 0.25) is 0 Å². The molecule has 112 valence electrons. The predicted octanol–water partition coefficient (Wildman–Crippen LogP) is 2.42. The molecule has 1 atom stereocenters. The van der Waals surface area contributed by atoms with Crippen molar-refractivity contribution in [3.05, 3.63) is 65.9 Å². The number of aliphatic hydroxyl groups excluding tert-OH is 1. The van der Waals surface area contributed by atoms with Crippen molar-refractivity contribution in [2.75, 3.05) is 6.61 Å². The lowest BCUT2D eigenvalue weighted by atomic mass is 10.0. The molecular weight excluding hydrogens is 278 g/mol. The average molecular weight is 295 g/mol. The third-order valence-electron chi connectivity index (χ3n) is 3.63. The molecule has 5 heteroatoms. The first-order chi connectivity index (χ1) is 10.8. The number of benzene rings is 2. The lowest BCUT2D eigenvalue weighted by Crippen LogP contribution is -2.29. The number of amides is 1. The number of aromatic amines is 1. The lowest BCUT2D eigenvalue weighted by molar-refractivity contribution is 0.0930. The molecular formula is C17H17N3O2. The largest absolute Gasteiger partial charge is 0.396 e. The summed E-state index contributed by atoms with van der Waals surface area (Å²) in [5, 5.41) is 19.9. The van der Waals surface area contributed by atoms with Gasteiger partial charge in [0.1, 0.15) is 0 Å². The van der Waals surface area contributed by atoms with Crippen molar-refractivity contribution < 1.29 is 9.90 Å². The number of hydrogen-bond acceptors (Lipinski definition) is 3. The maximum atomic E-state index is 12.4. The molecule has 3 aromatic rings. The number of hydrogen-bond donors (Lipinski definition) is 3. The standard InChI is InChI=1S/C17H17N3O2/c21-9-8-15(12-4-2-1-3-5-12)19-17(22)13-6-7-16-14(10-13)11-18-20-16/h1-7,10-11,15,21H,8-9H2,(H,18,20)(H,19,22). The van der Waals surface area contributed by atoms with E-state index in [0.29, 0.717) is 12.0 Å². The van der Waals surface area contributed by atoms with Gasteiger partial charge in [0.25, 0.3) is 5.91 Å². The van der Waals surface area contributed by atoms with E-state index in [4.69, 9.17) is 0 Å². The summed E-state index contributed by atoms with van der Waals surface area (Å²) < 4.78 is 0. The molecule has 0 aliphatic heterocycles. The van der Waals surface area contributed by atoms with Crippen LogP contribution in [0.1, 0.15) is 28.4 Å². The topological polar surface area (TPSA) is 78.0 Å². The molecule has 0 aliphatic rings. The van der Waals surface area contributed by atoms with Crippen molar-refractivity contribution >= 4 is 16.8 Å². The lowest BCUT2D eigenvalue weighted by Gasteiger charge is -2.18. The minimum atomic E-state index is -0.209. The second-order valence-corrected chi connectivity index (χ2v) is 5.12. The Morgan fingerprint density at radius 3 is 2.82 bits per heavy atom. The molecule has 3 rings (SSSR count). The minimum Gasteiger partial charge on any atom is -0.396 e. The van der Waals surface area contributed by atoms with Gasteiger partial charge in [-0.05, 0) is 30.2 Å². The molecule has 1 unspecified atom stereocenters. The Bertz CT molecular complexity index is 768. The quantitative estimate of drug-likeness (QED) is 0.676. The van der Waals surface area contributed by atoms with E-state index >= 15 is 0 Å². The maximum absolute atomic E-state index is 12.4. The first-order valence-corrected chi connectivity index (χ1v) is 7.18. The second-order valence-electron chi connectivity index (χ2n) is 5.12. The van der Waals surface area contributed by atoms with Gasteiger partial charge in [0.05, 0.1) is 17.8 Å². The first kappa shape index (κ1) is 14.3. The third kappa shape index (κ3) is 2.99. The molecule has 2 aromatic carbocycles. The van der Waals surface area contributed by atoms with Crippen LogP contribution in [0, 0.1) is 0 Å². The third-order valence-corrected chi connectivity index (χ3v) is 3.63. The SMILES string of the molecule is O=C(NC(CCO)c1ccccc1)c1ccc2[nH]ncc2c1. The maximum Gasteiger partial charge on any atom is 0.251 e. The zero-order valence-corrected chi connectivity index (χ0v) is 12.0. The van der Waals surface area contributed by atoms with E-state index in [1.807, 2.05) is 36.4 Å². The normalized spacial score (nSPS) is 12.2. The smallest absolute Gasteiger partial charge is 0.251 e. The van der Waals surface area contributed by atoms with Crippen molar-refractivity contribution in [3.8, 4) is 0 Å². The minimum absolute atomic E-state index is 0.0145. The summed E-state index contributed by atoms with van der Waals surface area (Å²) in [6, 6.07) is 14.8. The van der Waals surface area contributed by atoms with Crippen molar-refractivity contribution in [1.29, 1.82) is 0 Å². The summed E-state index contributed by atoms with van der Waals surface area (Å²) in [4.78, 5) is 12.4. The number of rotatable bonds is 5. The van der Waals surface area contributed by atoms with Crippen LogP contribution in [0.5, 0.6) is 0 Å². The molecule has 0 saturated heterocycles. The van der Waals surface area contributed by atoms with Gasteiger partial charge in [-0.3, -0.25) is 9.89 Å². The van der Waals surface area contributed by atoms with Crippen molar-refractivity contribution in [1.82, 2.24) is 15.5 Å². The van der Waals surface area contributed by atoms with Crippen LogP contribution >= 0.6 is 0 Å². The van der Waals surface area contributed by atoms with E-state index in [2.05, 4.69) is 15.5 Å². The first-order valence-electron chi connectivity index (χ1n) is 7.18. The van der Waals surface area contributed by atoms with E-state index in [9.17, 15) is 9.90 Å². The Balaban J connectivity index is 1.81. The van der Waals surface area contributed by atoms with E-state index < -0.39 is 0 Å². The van der Waals surface area contributed by atoms with Gasteiger partial charge >= 0.3 is 0 Å². The number of nitrogens with zero attached hydrogens (tertiary/aromatic N) is 1. The molecule has 0 radical (unpaired) electrons. The number of nitrogens with one attached hydrogen (secondary N) is 2. The van der Waals surface area contributed by atoms with Gasteiger partial charge in [0.2, 0.25) is 0 Å². The molecule has 0 bridgehead atoms. The molecule has 0 aliphatic carbocycles. The fourth-order valence-electron chi connectivity index (χ4n) is 2.46. The number of carbonyl (C=O) groups is 1. The van der Waals surface area contributed by atoms with Crippen molar-refractivity contribution in [2.45, 2.75) is 12.5 Å². The molecule has 0 saturated carbocycles. The Labute approximate surface area is 128 Å². The second kappa shape index (κ2) is 6.41. The number of H-pyrrole nitrogens is 1. The van der Waals surface area contributed by atoms with Gasteiger partial charge < -0.3 is 10.4 Å². The Morgan fingerprint density at radius 2 is 2.05 bits per heavy atom. The van der Waals surface area contributed by atoms with Gasteiger partial charge in [0.15, 0.2) is 0 Å². The highest BCUT2D eigenvalue weighted by atomic mass is 16.3. The number of aliphatic hydroxyl groups is 1. The Kier molecular flexibility index (Phi) is 4.16. The van der Waals surface area contributed by atoms with Crippen LogP contribution in [-0.2, 0) is 0 Å². The Hall–Kier alpha value is -2.66. The number of aromatic nitrogens is 2. The van der Waals surface area contributed by atoms with Crippen LogP contribution in [0.15, 0.2) is 54.7 Å². The van der Waals surface area contributed by atoms with Crippen LogP contribution in [0.3, 0.4) is 0 Å².